The van der Waals surface area contributed by atoms with Gasteiger partial charge in [-0.3, -0.25) is 9.59 Å². The van der Waals surface area contributed by atoms with Crippen molar-refractivity contribution >= 4 is 11.9 Å². The molecule has 90 valence electrons. The maximum absolute atomic E-state index is 9.00. The molecular formula is C4H18O9Zn. The smallest absolute Gasteiger partial charge is 0.300 e. The molecule has 0 unspecified atom stereocenters. The van der Waals surface area contributed by atoms with Gasteiger partial charge < -0.3 is 37.6 Å². The first-order chi connectivity index (χ1) is 3.46. The minimum Gasteiger partial charge on any atom is -0.481 e. The second kappa shape index (κ2) is 55.5. The van der Waals surface area contributed by atoms with Gasteiger partial charge in [-0.2, -0.15) is 0 Å². The molecule has 14 heavy (non-hydrogen) atoms. The molecule has 0 saturated heterocycles. The summed E-state index contributed by atoms with van der Waals surface area (Å²) < 4.78 is 0. The van der Waals surface area contributed by atoms with E-state index in [4.69, 9.17) is 19.8 Å². The number of hydrogen-bond acceptors (Lipinski definition) is 2. The van der Waals surface area contributed by atoms with Crippen molar-refractivity contribution in [2.75, 3.05) is 0 Å². The summed E-state index contributed by atoms with van der Waals surface area (Å²) >= 11 is 0. The number of carboxylic acids is 2. The molecule has 0 aliphatic heterocycles. The van der Waals surface area contributed by atoms with Crippen LogP contribution in [0.1, 0.15) is 13.8 Å². The van der Waals surface area contributed by atoms with Gasteiger partial charge in [0.15, 0.2) is 0 Å². The Morgan fingerprint density at radius 1 is 0.714 bits per heavy atom. The predicted molar refractivity (Wildman–Crippen MR) is 44.7 cm³/mol. The molecule has 0 atom stereocenters. The quantitative estimate of drug-likeness (QED) is 0.421. The van der Waals surface area contributed by atoms with Crippen LogP contribution in [-0.4, -0.2) is 49.5 Å². The van der Waals surface area contributed by atoms with Crippen LogP contribution in [0, 0.1) is 0 Å². The van der Waals surface area contributed by atoms with Crippen molar-refractivity contribution in [1.29, 1.82) is 0 Å². The fraction of sp³-hybridized carbons (Fsp3) is 0.500. The van der Waals surface area contributed by atoms with Crippen LogP contribution in [0.5, 0.6) is 0 Å². The van der Waals surface area contributed by atoms with E-state index in [0.717, 1.165) is 13.8 Å². The fourth-order valence-electron chi connectivity index (χ4n) is 0. The summed E-state index contributed by atoms with van der Waals surface area (Å²) in [6.07, 6.45) is 0. The molecule has 0 aromatic rings. The maximum atomic E-state index is 9.00. The number of hydrogen-bond donors (Lipinski definition) is 2. The predicted octanol–water partition coefficient (Wildman–Crippen LogP) is -3.94. The molecule has 12 N–H and O–H groups in total. The number of carbonyl (C=O) groups is 2. The third kappa shape index (κ3) is 3010. The molecule has 0 aliphatic carbocycles. The zero-order valence-corrected chi connectivity index (χ0v) is 10.9. The second-order valence-corrected chi connectivity index (χ2v) is 1.04. The first kappa shape index (κ1) is 71.0. The van der Waals surface area contributed by atoms with Crippen molar-refractivity contribution in [3.05, 3.63) is 0 Å². The minimum absolute atomic E-state index is 0. The topological polar surface area (TPSA) is 232 Å². The summed E-state index contributed by atoms with van der Waals surface area (Å²) in [5.74, 6) is -1.67. The third-order valence-electron chi connectivity index (χ3n) is 0. The van der Waals surface area contributed by atoms with Gasteiger partial charge in [0.25, 0.3) is 11.9 Å². The van der Waals surface area contributed by atoms with Crippen LogP contribution in [0.2, 0.25) is 0 Å². The Hall–Kier alpha value is -0.637. The molecule has 0 aliphatic rings. The fourth-order valence-corrected chi connectivity index (χ4v) is 0. The second-order valence-electron chi connectivity index (χ2n) is 1.04. The van der Waals surface area contributed by atoms with Crippen LogP contribution >= 0.6 is 0 Å². The van der Waals surface area contributed by atoms with Crippen molar-refractivity contribution in [2.24, 2.45) is 0 Å². The monoisotopic (exact) mass is 274 g/mol. The molecule has 0 rings (SSSR count). The van der Waals surface area contributed by atoms with E-state index in [1.54, 1.807) is 0 Å². The van der Waals surface area contributed by atoms with Crippen LogP contribution in [0.25, 0.3) is 0 Å². The molecular weight excluding hydrogens is 257 g/mol. The van der Waals surface area contributed by atoms with Gasteiger partial charge in [-0.1, -0.05) is 0 Å². The van der Waals surface area contributed by atoms with E-state index in [1.807, 2.05) is 0 Å². The van der Waals surface area contributed by atoms with Crippen molar-refractivity contribution < 1.29 is 66.7 Å². The Balaban J connectivity index is -0.00000000600. The van der Waals surface area contributed by atoms with Crippen LogP contribution < -0.4 is 0 Å². The Morgan fingerprint density at radius 3 is 0.714 bits per heavy atom. The normalized spacial score (nSPS) is 3.57. The average Bonchev–Trinajstić information content (AvgIpc) is 1.25. The number of aliphatic carboxylic acids is 2. The molecule has 9 nitrogen and oxygen atoms in total. The molecule has 0 amide bonds. The van der Waals surface area contributed by atoms with E-state index in [2.05, 4.69) is 0 Å². The van der Waals surface area contributed by atoms with Gasteiger partial charge in [-0.25, -0.2) is 0 Å². The van der Waals surface area contributed by atoms with E-state index in [-0.39, 0.29) is 46.9 Å². The molecule has 0 fully saturated rings. The molecule has 0 saturated carbocycles. The Labute approximate surface area is 93.0 Å². The van der Waals surface area contributed by atoms with E-state index < -0.39 is 11.9 Å². The van der Waals surface area contributed by atoms with Crippen LogP contribution in [0.3, 0.4) is 0 Å². The number of rotatable bonds is 0. The first-order valence-corrected chi connectivity index (χ1v) is 1.86. The van der Waals surface area contributed by atoms with E-state index in [0.29, 0.717) is 0 Å². The maximum Gasteiger partial charge on any atom is 0.300 e. The number of carboxylic acid groups (broad SMARTS) is 2. The first-order valence-electron chi connectivity index (χ1n) is 1.86. The van der Waals surface area contributed by atoms with Gasteiger partial charge in [0.05, 0.1) is 0 Å². The summed E-state index contributed by atoms with van der Waals surface area (Å²) in [4.78, 5) is 18.0. The molecule has 0 heterocycles. The van der Waals surface area contributed by atoms with Gasteiger partial charge in [0.2, 0.25) is 0 Å². The zero-order chi connectivity index (χ0) is 7.15. The van der Waals surface area contributed by atoms with Crippen molar-refractivity contribution in [2.45, 2.75) is 13.8 Å². The van der Waals surface area contributed by atoms with E-state index in [1.165, 1.54) is 0 Å². The summed E-state index contributed by atoms with van der Waals surface area (Å²) in [5.41, 5.74) is 0. The van der Waals surface area contributed by atoms with Gasteiger partial charge in [-0.05, 0) is 0 Å². The summed E-state index contributed by atoms with van der Waals surface area (Å²) in [5, 5.41) is 14.8. The Bertz CT molecular complexity index is 74.8. The Morgan fingerprint density at radius 2 is 0.714 bits per heavy atom. The Kier molecular flexibility index (Phi) is 281. The summed E-state index contributed by atoms with van der Waals surface area (Å²) in [6, 6.07) is 0. The van der Waals surface area contributed by atoms with E-state index >= 15 is 0 Å². The largest absolute Gasteiger partial charge is 0.481 e. The van der Waals surface area contributed by atoms with Crippen molar-refractivity contribution in [3.8, 4) is 0 Å². The molecule has 10 heteroatoms. The molecule has 0 aromatic carbocycles. The van der Waals surface area contributed by atoms with Crippen LogP contribution in [-0.2, 0) is 29.1 Å². The van der Waals surface area contributed by atoms with Gasteiger partial charge in [-0.15, -0.1) is 0 Å². The standard InChI is InChI=1S/2C2H4O2.5H2O.Zn/c2*1-2(3)4;;;;;;/h2*1H3,(H,3,4);5*1H2;. The van der Waals surface area contributed by atoms with Crippen molar-refractivity contribution in [1.82, 2.24) is 0 Å². The molecule has 0 aromatic heterocycles. The SMILES string of the molecule is CC(=O)O.CC(=O)O.O.O.O.O.O.[Zn]. The molecule has 0 bridgehead atoms. The summed E-state index contributed by atoms with van der Waals surface area (Å²) in [7, 11) is 0. The van der Waals surface area contributed by atoms with Gasteiger partial charge in [0, 0.05) is 33.3 Å². The average molecular weight is 276 g/mol. The summed E-state index contributed by atoms with van der Waals surface area (Å²) in [6.45, 7) is 2.17. The molecule has 0 radical (unpaired) electrons. The van der Waals surface area contributed by atoms with Gasteiger partial charge in [0.1, 0.15) is 0 Å². The van der Waals surface area contributed by atoms with Crippen LogP contribution in [0.15, 0.2) is 0 Å². The molecule has 0 spiro atoms. The zero-order valence-electron chi connectivity index (χ0n) is 7.92. The third-order valence-corrected chi connectivity index (χ3v) is 0. The van der Waals surface area contributed by atoms with Crippen LogP contribution in [0.4, 0.5) is 0 Å². The minimum atomic E-state index is -0.833. The van der Waals surface area contributed by atoms with E-state index in [9.17, 15) is 0 Å². The van der Waals surface area contributed by atoms with Gasteiger partial charge >= 0.3 is 0 Å². The van der Waals surface area contributed by atoms with Crippen molar-refractivity contribution in [3.63, 3.8) is 0 Å².